The Morgan fingerprint density at radius 3 is 2.56 bits per heavy atom. The summed E-state index contributed by atoms with van der Waals surface area (Å²) in [4.78, 5) is 12.2. The van der Waals surface area contributed by atoms with Gasteiger partial charge in [-0.3, -0.25) is 15.0 Å². The van der Waals surface area contributed by atoms with Crippen molar-refractivity contribution in [1.82, 2.24) is 15.0 Å². The van der Waals surface area contributed by atoms with Crippen molar-refractivity contribution in [2.75, 3.05) is 0 Å². The molecule has 4 heteroatoms. The number of aryl methyl sites for hydroxylation is 2. The zero-order valence-corrected chi connectivity index (χ0v) is 9.25. The van der Waals surface area contributed by atoms with Gasteiger partial charge < -0.3 is 5.11 Å². The highest BCUT2D eigenvalue weighted by Crippen LogP contribution is 2.20. The summed E-state index contributed by atoms with van der Waals surface area (Å²) in [6, 6.07) is 1.99. The van der Waals surface area contributed by atoms with E-state index < -0.39 is 6.10 Å². The molecule has 0 bridgehead atoms. The van der Waals surface area contributed by atoms with E-state index in [9.17, 15) is 5.11 Å². The van der Waals surface area contributed by atoms with E-state index in [2.05, 4.69) is 15.0 Å². The summed E-state index contributed by atoms with van der Waals surface area (Å²) < 4.78 is 0. The number of hydrogen-bond donors (Lipinski definition) is 1. The minimum absolute atomic E-state index is 0.516. The predicted octanol–water partition coefficient (Wildman–Crippen LogP) is 1.57. The molecule has 0 aliphatic heterocycles. The molecule has 0 amide bonds. The van der Waals surface area contributed by atoms with E-state index in [1.165, 1.54) is 0 Å². The Morgan fingerprint density at radius 2 is 1.94 bits per heavy atom. The number of hydrogen-bond acceptors (Lipinski definition) is 4. The van der Waals surface area contributed by atoms with E-state index in [1.807, 2.05) is 19.9 Å². The normalized spacial score (nSPS) is 12.4. The Labute approximate surface area is 94.0 Å². The van der Waals surface area contributed by atoms with Gasteiger partial charge in [-0.05, 0) is 25.0 Å². The Kier molecular flexibility index (Phi) is 2.92. The lowest BCUT2D eigenvalue weighted by atomic mass is 10.1. The molecule has 2 rings (SSSR count). The van der Waals surface area contributed by atoms with Crippen LogP contribution in [0.15, 0.2) is 30.9 Å². The van der Waals surface area contributed by atoms with Crippen molar-refractivity contribution in [2.24, 2.45) is 0 Å². The zero-order chi connectivity index (χ0) is 11.5. The van der Waals surface area contributed by atoms with E-state index in [1.54, 1.807) is 24.8 Å². The molecule has 4 nitrogen and oxygen atoms in total. The van der Waals surface area contributed by atoms with E-state index >= 15 is 0 Å². The van der Waals surface area contributed by atoms with Crippen LogP contribution in [-0.4, -0.2) is 20.1 Å². The number of nitrogens with zero attached hydrogens (tertiary/aromatic N) is 3. The predicted molar refractivity (Wildman–Crippen MR) is 59.8 cm³/mol. The van der Waals surface area contributed by atoms with Crippen LogP contribution in [0.25, 0.3) is 0 Å². The molecular formula is C12H13N3O. The topological polar surface area (TPSA) is 58.9 Å². The van der Waals surface area contributed by atoms with Gasteiger partial charge in [0.15, 0.2) is 0 Å². The molecule has 2 aromatic rings. The lowest BCUT2D eigenvalue weighted by molar-refractivity contribution is 0.209. The van der Waals surface area contributed by atoms with E-state index in [-0.39, 0.29) is 0 Å². The van der Waals surface area contributed by atoms with Crippen LogP contribution >= 0.6 is 0 Å². The molecule has 1 N–H and O–H groups in total. The highest BCUT2D eigenvalue weighted by atomic mass is 16.3. The number of aromatic nitrogens is 3. The molecule has 1 atom stereocenters. The molecule has 0 spiro atoms. The molecule has 0 saturated heterocycles. The van der Waals surface area contributed by atoms with Gasteiger partial charge in [0, 0.05) is 18.6 Å². The number of rotatable bonds is 2. The molecule has 0 saturated carbocycles. The molecule has 0 radical (unpaired) electrons. The fourth-order valence-electron chi connectivity index (χ4n) is 1.60. The quantitative estimate of drug-likeness (QED) is 0.826. The van der Waals surface area contributed by atoms with Crippen molar-refractivity contribution in [1.29, 1.82) is 0 Å². The molecule has 0 aromatic carbocycles. The van der Waals surface area contributed by atoms with Gasteiger partial charge in [0.2, 0.25) is 0 Å². The minimum atomic E-state index is -0.811. The highest BCUT2D eigenvalue weighted by Gasteiger charge is 2.15. The maximum absolute atomic E-state index is 10.1. The maximum Gasteiger partial charge on any atom is 0.140 e. The van der Waals surface area contributed by atoms with Crippen molar-refractivity contribution in [3.05, 3.63) is 53.4 Å². The largest absolute Gasteiger partial charge is 0.380 e. The van der Waals surface area contributed by atoms with E-state index in [4.69, 9.17) is 0 Å². The van der Waals surface area contributed by atoms with Crippen molar-refractivity contribution in [2.45, 2.75) is 20.0 Å². The first-order chi connectivity index (χ1) is 7.68. The van der Waals surface area contributed by atoms with Crippen molar-refractivity contribution in [3.8, 4) is 0 Å². The SMILES string of the molecule is Cc1cnc(C(O)c2cnccn2)c(C)c1. The van der Waals surface area contributed by atoms with E-state index in [0.29, 0.717) is 11.4 Å². The van der Waals surface area contributed by atoms with Crippen LogP contribution in [0.3, 0.4) is 0 Å². The maximum atomic E-state index is 10.1. The molecule has 0 aliphatic rings. The fourth-order valence-corrected chi connectivity index (χ4v) is 1.60. The molecule has 82 valence electrons. The van der Waals surface area contributed by atoms with Gasteiger partial charge in [-0.25, -0.2) is 0 Å². The molecular weight excluding hydrogens is 202 g/mol. The third-order valence-corrected chi connectivity index (χ3v) is 2.38. The fraction of sp³-hybridized carbons (Fsp3) is 0.250. The molecule has 0 fully saturated rings. The third kappa shape index (κ3) is 2.06. The van der Waals surface area contributed by atoms with Crippen LogP contribution in [0.4, 0.5) is 0 Å². The van der Waals surface area contributed by atoms with Crippen molar-refractivity contribution < 1.29 is 5.11 Å². The average molecular weight is 215 g/mol. The first-order valence-corrected chi connectivity index (χ1v) is 5.05. The average Bonchev–Trinajstić information content (AvgIpc) is 2.29. The summed E-state index contributed by atoms with van der Waals surface area (Å²) in [5.74, 6) is 0. The minimum Gasteiger partial charge on any atom is -0.380 e. The van der Waals surface area contributed by atoms with Gasteiger partial charge in [-0.1, -0.05) is 6.07 Å². The van der Waals surface area contributed by atoms with E-state index in [0.717, 1.165) is 11.1 Å². The summed E-state index contributed by atoms with van der Waals surface area (Å²) in [6.07, 6.45) is 5.61. The van der Waals surface area contributed by atoms with Crippen LogP contribution in [0, 0.1) is 13.8 Å². The second-order valence-electron chi connectivity index (χ2n) is 3.75. The molecule has 16 heavy (non-hydrogen) atoms. The Morgan fingerprint density at radius 1 is 1.12 bits per heavy atom. The molecule has 0 aliphatic carbocycles. The molecule has 2 heterocycles. The Hall–Kier alpha value is -1.81. The lowest BCUT2D eigenvalue weighted by Gasteiger charge is -2.11. The summed E-state index contributed by atoms with van der Waals surface area (Å²) in [5.41, 5.74) is 3.18. The first-order valence-electron chi connectivity index (χ1n) is 5.05. The number of pyridine rings is 1. The zero-order valence-electron chi connectivity index (χ0n) is 9.25. The second-order valence-corrected chi connectivity index (χ2v) is 3.75. The highest BCUT2D eigenvalue weighted by molar-refractivity contribution is 5.28. The Balaban J connectivity index is 2.38. The summed E-state index contributed by atoms with van der Waals surface area (Å²) in [5, 5.41) is 10.1. The van der Waals surface area contributed by atoms with Gasteiger partial charge in [-0.15, -0.1) is 0 Å². The smallest absolute Gasteiger partial charge is 0.140 e. The monoisotopic (exact) mass is 215 g/mol. The summed E-state index contributed by atoms with van der Waals surface area (Å²) in [6.45, 7) is 3.90. The van der Waals surface area contributed by atoms with Crippen LogP contribution in [0.5, 0.6) is 0 Å². The molecule has 2 aromatic heterocycles. The summed E-state index contributed by atoms with van der Waals surface area (Å²) in [7, 11) is 0. The molecule has 1 unspecified atom stereocenters. The van der Waals surface area contributed by atoms with Crippen LogP contribution in [0.2, 0.25) is 0 Å². The van der Waals surface area contributed by atoms with Gasteiger partial charge in [0.05, 0.1) is 17.6 Å². The lowest BCUT2D eigenvalue weighted by Crippen LogP contribution is -2.07. The number of aliphatic hydroxyl groups excluding tert-OH is 1. The van der Waals surface area contributed by atoms with Crippen molar-refractivity contribution in [3.63, 3.8) is 0 Å². The number of aliphatic hydroxyl groups is 1. The van der Waals surface area contributed by atoms with Crippen LogP contribution < -0.4 is 0 Å². The third-order valence-electron chi connectivity index (χ3n) is 2.38. The van der Waals surface area contributed by atoms with Gasteiger partial charge in [-0.2, -0.15) is 0 Å². The standard InChI is InChI=1S/C12H13N3O/c1-8-5-9(2)11(15-6-8)12(16)10-7-13-3-4-14-10/h3-7,12,16H,1-2H3. The second kappa shape index (κ2) is 4.37. The van der Waals surface area contributed by atoms with Gasteiger partial charge in [0.25, 0.3) is 0 Å². The van der Waals surface area contributed by atoms with Crippen LogP contribution in [-0.2, 0) is 0 Å². The van der Waals surface area contributed by atoms with Crippen LogP contribution in [0.1, 0.15) is 28.6 Å². The van der Waals surface area contributed by atoms with Crippen molar-refractivity contribution >= 4 is 0 Å². The first kappa shape index (κ1) is 10.7. The Bertz CT molecular complexity index is 485. The van der Waals surface area contributed by atoms with Gasteiger partial charge in [0.1, 0.15) is 6.10 Å². The van der Waals surface area contributed by atoms with Gasteiger partial charge >= 0.3 is 0 Å². The summed E-state index contributed by atoms with van der Waals surface area (Å²) >= 11 is 0.